The van der Waals surface area contributed by atoms with Gasteiger partial charge in [-0.05, 0) is 31.2 Å². The molecule has 8 nitrogen and oxygen atoms in total. The first-order valence-electron chi connectivity index (χ1n) is 11.5. The molecule has 0 saturated carbocycles. The first-order chi connectivity index (χ1) is 17.2. The third-order valence-electron chi connectivity index (χ3n) is 6.30. The number of para-hydroxylation sites is 1. The number of rotatable bonds is 5. The smallest absolute Gasteiger partial charge is 0.289 e. The highest BCUT2D eigenvalue weighted by Gasteiger charge is 2.29. The van der Waals surface area contributed by atoms with Gasteiger partial charge in [0.15, 0.2) is 16.5 Å². The average molecular weight is 486 g/mol. The summed E-state index contributed by atoms with van der Waals surface area (Å²) in [5.41, 5.74) is 1.85. The molecule has 0 bridgehead atoms. The summed E-state index contributed by atoms with van der Waals surface area (Å²) in [6.07, 6.45) is 0. The summed E-state index contributed by atoms with van der Waals surface area (Å²) < 4.78 is 12.5. The summed E-state index contributed by atoms with van der Waals surface area (Å²) in [7, 11) is 0. The van der Waals surface area contributed by atoms with E-state index in [4.69, 9.17) is 8.94 Å². The molecule has 0 aliphatic carbocycles. The van der Waals surface area contributed by atoms with Crippen LogP contribution in [0.2, 0.25) is 0 Å². The van der Waals surface area contributed by atoms with E-state index in [2.05, 4.69) is 26.9 Å². The van der Waals surface area contributed by atoms with Crippen LogP contribution in [0.3, 0.4) is 0 Å². The highest BCUT2D eigenvalue weighted by Crippen LogP contribution is 2.31. The zero-order valence-electron chi connectivity index (χ0n) is 19.1. The van der Waals surface area contributed by atoms with E-state index in [-0.39, 0.29) is 11.9 Å². The summed E-state index contributed by atoms with van der Waals surface area (Å²) in [4.78, 5) is 26.4. The lowest BCUT2D eigenvalue weighted by atomic mass is 10.2. The molecule has 5 aromatic rings. The molecule has 1 unspecified atom stereocenters. The monoisotopic (exact) mass is 485 g/mol. The maximum Gasteiger partial charge on any atom is 0.289 e. The van der Waals surface area contributed by atoms with Gasteiger partial charge in [-0.2, -0.15) is 4.98 Å². The third-order valence-corrected chi connectivity index (χ3v) is 7.35. The van der Waals surface area contributed by atoms with Gasteiger partial charge in [0.25, 0.3) is 5.91 Å². The fraction of sp³-hybridized carbons (Fsp3) is 0.231. The topological polar surface area (TPSA) is 88.5 Å². The highest BCUT2D eigenvalue weighted by atomic mass is 32.1. The minimum atomic E-state index is -0.103. The number of hydrogen-bond donors (Lipinski definition) is 0. The first-order valence-corrected chi connectivity index (χ1v) is 12.4. The number of furan rings is 1. The molecule has 1 atom stereocenters. The van der Waals surface area contributed by atoms with Gasteiger partial charge in [-0.1, -0.05) is 47.6 Å². The summed E-state index contributed by atoms with van der Waals surface area (Å²) in [6, 6.07) is 21.3. The molecule has 1 saturated heterocycles. The van der Waals surface area contributed by atoms with Crippen LogP contribution in [0, 0.1) is 0 Å². The summed E-state index contributed by atoms with van der Waals surface area (Å²) in [5.74, 6) is 2.02. The van der Waals surface area contributed by atoms with Gasteiger partial charge in [-0.15, -0.1) is 11.3 Å². The number of aromatic nitrogens is 3. The molecule has 1 aliphatic heterocycles. The van der Waals surface area contributed by atoms with Gasteiger partial charge in [-0.3, -0.25) is 9.69 Å². The second-order valence-corrected chi connectivity index (χ2v) is 9.51. The highest BCUT2D eigenvalue weighted by molar-refractivity contribution is 7.21. The van der Waals surface area contributed by atoms with Crippen LogP contribution >= 0.6 is 11.3 Å². The van der Waals surface area contributed by atoms with E-state index in [1.165, 1.54) is 0 Å². The first kappa shape index (κ1) is 21.7. The molecule has 1 amide bonds. The Morgan fingerprint density at radius 1 is 0.943 bits per heavy atom. The SMILES string of the molecule is CC(c1nc(-c2ccccc2)no1)N1CCN(C(=O)c2ccc(-c3nc4ccccc4s3)o2)CC1. The molecule has 176 valence electrons. The lowest BCUT2D eigenvalue weighted by molar-refractivity contribution is 0.0525. The second-order valence-electron chi connectivity index (χ2n) is 8.48. The number of carbonyl (C=O) groups is 1. The molecule has 1 aliphatic rings. The Morgan fingerprint density at radius 2 is 1.71 bits per heavy atom. The van der Waals surface area contributed by atoms with Crippen LogP contribution in [-0.2, 0) is 0 Å². The molecule has 0 N–H and O–H groups in total. The zero-order valence-corrected chi connectivity index (χ0v) is 19.9. The summed E-state index contributed by atoms with van der Waals surface area (Å²) >= 11 is 1.56. The van der Waals surface area contributed by atoms with E-state index in [1.807, 2.05) is 65.6 Å². The average Bonchev–Trinajstić information content (AvgIpc) is 3.67. The van der Waals surface area contributed by atoms with Gasteiger partial charge in [-0.25, -0.2) is 4.98 Å². The molecular weight excluding hydrogens is 462 g/mol. The number of hydrogen-bond acceptors (Lipinski definition) is 8. The van der Waals surface area contributed by atoms with E-state index >= 15 is 0 Å². The molecule has 1 fully saturated rings. The summed E-state index contributed by atoms with van der Waals surface area (Å²) in [6.45, 7) is 4.67. The van der Waals surface area contributed by atoms with Crippen molar-refractivity contribution in [1.82, 2.24) is 24.9 Å². The van der Waals surface area contributed by atoms with E-state index < -0.39 is 0 Å². The molecule has 4 heterocycles. The van der Waals surface area contributed by atoms with Crippen molar-refractivity contribution in [1.29, 1.82) is 0 Å². The number of carbonyl (C=O) groups excluding carboxylic acids is 1. The number of nitrogens with zero attached hydrogens (tertiary/aromatic N) is 5. The predicted molar refractivity (Wildman–Crippen MR) is 133 cm³/mol. The van der Waals surface area contributed by atoms with E-state index in [9.17, 15) is 4.79 Å². The van der Waals surface area contributed by atoms with Crippen molar-refractivity contribution >= 4 is 27.5 Å². The van der Waals surface area contributed by atoms with Gasteiger partial charge >= 0.3 is 0 Å². The van der Waals surface area contributed by atoms with Crippen LogP contribution in [-0.4, -0.2) is 57.0 Å². The Morgan fingerprint density at radius 3 is 2.51 bits per heavy atom. The molecule has 0 spiro atoms. The molecule has 6 rings (SSSR count). The van der Waals surface area contributed by atoms with Crippen LogP contribution in [0.25, 0.3) is 32.4 Å². The maximum absolute atomic E-state index is 13.1. The van der Waals surface area contributed by atoms with Gasteiger partial charge in [0.1, 0.15) is 0 Å². The van der Waals surface area contributed by atoms with Gasteiger partial charge in [0.05, 0.1) is 16.3 Å². The zero-order chi connectivity index (χ0) is 23.8. The fourth-order valence-corrected chi connectivity index (χ4v) is 5.21. The quantitative estimate of drug-likeness (QED) is 0.341. The van der Waals surface area contributed by atoms with Crippen molar-refractivity contribution in [3.63, 3.8) is 0 Å². The third kappa shape index (κ3) is 4.24. The second kappa shape index (κ2) is 9.09. The minimum Gasteiger partial charge on any atom is -0.448 e. The van der Waals surface area contributed by atoms with Crippen molar-refractivity contribution in [3.05, 3.63) is 78.4 Å². The normalized spacial score (nSPS) is 15.5. The van der Waals surface area contributed by atoms with Crippen molar-refractivity contribution in [2.24, 2.45) is 0 Å². The Labute approximate surface area is 205 Å². The van der Waals surface area contributed by atoms with Crippen molar-refractivity contribution in [2.45, 2.75) is 13.0 Å². The standard InChI is InChI=1S/C26H23N5O3S/c1-17(24-28-23(29-34-24)18-7-3-2-4-8-18)30-13-15-31(16-14-30)26(32)21-12-11-20(33-21)25-27-19-9-5-6-10-22(19)35-25/h2-12,17H,13-16H2,1H3. The molecule has 3 aromatic heterocycles. The van der Waals surface area contributed by atoms with Crippen LogP contribution in [0.5, 0.6) is 0 Å². The van der Waals surface area contributed by atoms with Crippen LogP contribution in [0.15, 0.2) is 75.7 Å². The van der Waals surface area contributed by atoms with Gasteiger partial charge in [0.2, 0.25) is 11.7 Å². The van der Waals surface area contributed by atoms with Crippen molar-refractivity contribution in [2.75, 3.05) is 26.2 Å². The molecule has 0 radical (unpaired) electrons. The van der Waals surface area contributed by atoms with Gasteiger partial charge in [0, 0.05) is 31.7 Å². The number of benzene rings is 2. The lowest BCUT2D eigenvalue weighted by Gasteiger charge is -2.36. The van der Waals surface area contributed by atoms with Crippen molar-refractivity contribution in [3.8, 4) is 22.2 Å². The van der Waals surface area contributed by atoms with E-state index in [0.29, 0.717) is 49.4 Å². The lowest BCUT2D eigenvalue weighted by Crippen LogP contribution is -2.49. The Bertz CT molecular complexity index is 1430. The number of thiazole rings is 1. The molecule has 2 aromatic carbocycles. The van der Waals surface area contributed by atoms with Gasteiger partial charge < -0.3 is 13.8 Å². The summed E-state index contributed by atoms with van der Waals surface area (Å²) in [5, 5.41) is 4.91. The largest absolute Gasteiger partial charge is 0.448 e. The predicted octanol–water partition coefficient (Wildman–Crippen LogP) is 5.13. The molecule has 35 heavy (non-hydrogen) atoms. The van der Waals surface area contributed by atoms with Crippen LogP contribution < -0.4 is 0 Å². The van der Waals surface area contributed by atoms with Crippen LogP contribution in [0.1, 0.15) is 29.4 Å². The fourth-order valence-electron chi connectivity index (χ4n) is 4.28. The molecule has 9 heteroatoms. The van der Waals surface area contributed by atoms with Crippen LogP contribution in [0.4, 0.5) is 0 Å². The van der Waals surface area contributed by atoms with E-state index in [1.54, 1.807) is 17.4 Å². The Kier molecular flexibility index (Phi) is 5.63. The number of fused-ring (bicyclic) bond motifs is 1. The minimum absolute atomic E-state index is 0.0357. The number of amides is 1. The number of piperazine rings is 1. The Balaban J connectivity index is 1.09. The van der Waals surface area contributed by atoms with Crippen molar-refractivity contribution < 1.29 is 13.7 Å². The van der Waals surface area contributed by atoms with E-state index in [0.717, 1.165) is 20.8 Å². The Hall–Kier alpha value is -3.82. The molecular formula is C26H23N5O3S. The maximum atomic E-state index is 13.1.